The van der Waals surface area contributed by atoms with Gasteiger partial charge in [-0.25, -0.2) is 8.42 Å². The lowest BCUT2D eigenvalue weighted by Gasteiger charge is -2.30. The maximum atomic E-state index is 13.5. The van der Waals surface area contributed by atoms with Crippen molar-refractivity contribution in [3.63, 3.8) is 0 Å². The van der Waals surface area contributed by atoms with Crippen LogP contribution in [0.4, 0.5) is 5.69 Å². The number of carbonyl (C=O) groups is 1. The van der Waals surface area contributed by atoms with Gasteiger partial charge in [0.25, 0.3) is 10.0 Å². The maximum Gasteiger partial charge on any atom is 0.264 e. The highest BCUT2D eigenvalue weighted by molar-refractivity contribution is 7.98. The number of amides is 1. The third-order valence-corrected chi connectivity index (χ3v) is 7.98. The summed E-state index contributed by atoms with van der Waals surface area (Å²) in [6, 6.07) is 12.8. The fraction of sp³-hybridized carbons (Fsp3) is 0.435. The number of aliphatic hydroxyl groups excluding tert-OH is 1. The third kappa shape index (κ3) is 5.96. The van der Waals surface area contributed by atoms with Crippen molar-refractivity contribution in [2.75, 3.05) is 23.7 Å². The Hall–Kier alpha value is -2.23. The summed E-state index contributed by atoms with van der Waals surface area (Å²) in [6.45, 7) is 1.98. The minimum atomic E-state index is -3.99. The lowest BCUT2D eigenvalue weighted by molar-refractivity contribution is -0.121. The summed E-state index contributed by atoms with van der Waals surface area (Å²) >= 11 is 1.52. The number of hydrogen-bond donors (Lipinski definition) is 2. The highest BCUT2D eigenvalue weighted by Crippen LogP contribution is 2.27. The molecule has 0 unspecified atom stereocenters. The topological polar surface area (TPSA) is 95.9 Å². The monoisotopic (exact) mass is 478 g/mol. The Labute approximate surface area is 194 Å². The van der Waals surface area contributed by atoms with Crippen molar-refractivity contribution in [2.45, 2.75) is 54.5 Å². The van der Waals surface area contributed by atoms with Crippen molar-refractivity contribution in [1.29, 1.82) is 0 Å². The van der Waals surface area contributed by atoms with Crippen LogP contribution in [0, 0.1) is 0 Å². The molecule has 2 N–H and O–H groups in total. The van der Waals surface area contributed by atoms with E-state index in [0.717, 1.165) is 22.0 Å². The summed E-state index contributed by atoms with van der Waals surface area (Å²) in [5.41, 5.74) is 0.363. The van der Waals surface area contributed by atoms with Crippen molar-refractivity contribution in [3.05, 3.63) is 48.5 Å². The Kier molecular flexibility index (Phi) is 8.44. The zero-order valence-corrected chi connectivity index (χ0v) is 20.0. The summed E-state index contributed by atoms with van der Waals surface area (Å²) in [5.74, 6) is 0.168. The fourth-order valence-electron chi connectivity index (χ4n) is 3.73. The highest BCUT2D eigenvalue weighted by Gasteiger charge is 2.30. The number of rotatable bonds is 9. The average Bonchev–Trinajstić information content (AvgIpc) is 2.80. The van der Waals surface area contributed by atoms with E-state index in [4.69, 9.17) is 4.74 Å². The van der Waals surface area contributed by atoms with Gasteiger partial charge in [-0.05, 0) is 74.6 Å². The van der Waals surface area contributed by atoms with Crippen LogP contribution in [-0.4, -0.2) is 51.0 Å². The molecule has 1 fully saturated rings. The summed E-state index contributed by atoms with van der Waals surface area (Å²) in [5, 5.41) is 13.0. The third-order valence-electron chi connectivity index (χ3n) is 5.45. The van der Waals surface area contributed by atoms with Crippen molar-refractivity contribution in [2.24, 2.45) is 0 Å². The van der Waals surface area contributed by atoms with Crippen molar-refractivity contribution in [3.8, 4) is 5.75 Å². The van der Waals surface area contributed by atoms with Crippen molar-refractivity contribution in [1.82, 2.24) is 5.32 Å². The zero-order chi connectivity index (χ0) is 23.1. The van der Waals surface area contributed by atoms with Crippen LogP contribution in [0.5, 0.6) is 5.75 Å². The number of thioether (sulfide) groups is 1. The molecule has 32 heavy (non-hydrogen) atoms. The Morgan fingerprint density at radius 3 is 2.38 bits per heavy atom. The van der Waals surface area contributed by atoms with E-state index in [1.54, 1.807) is 48.5 Å². The highest BCUT2D eigenvalue weighted by atomic mass is 32.2. The van der Waals surface area contributed by atoms with Crippen LogP contribution in [0.15, 0.2) is 58.3 Å². The molecule has 1 saturated carbocycles. The number of anilines is 1. The van der Waals surface area contributed by atoms with E-state index >= 15 is 0 Å². The van der Waals surface area contributed by atoms with Gasteiger partial charge in [-0.1, -0.05) is 12.8 Å². The van der Waals surface area contributed by atoms with E-state index < -0.39 is 22.0 Å². The van der Waals surface area contributed by atoms with Gasteiger partial charge < -0.3 is 15.2 Å². The van der Waals surface area contributed by atoms with E-state index in [9.17, 15) is 18.3 Å². The summed E-state index contributed by atoms with van der Waals surface area (Å²) in [6.07, 6.45) is 4.46. The fourth-order valence-corrected chi connectivity index (χ4v) is 5.56. The molecule has 2 aromatic carbocycles. The first-order valence-corrected chi connectivity index (χ1v) is 13.4. The smallest absolute Gasteiger partial charge is 0.264 e. The molecule has 174 valence electrons. The number of sulfonamides is 1. The van der Waals surface area contributed by atoms with Crippen LogP contribution >= 0.6 is 11.8 Å². The van der Waals surface area contributed by atoms with E-state index in [0.29, 0.717) is 30.9 Å². The largest absolute Gasteiger partial charge is 0.494 e. The number of nitrogens with zero attached hydrogens (tertiary/aromatic N) is 1. The van der Waals surface area contributed by atoms with Crippen LogP contribution in [-0.2, 0) is 14.8 Å². The second kappa shape index (κ2) is 11.1. The van der Waals surface area contributed by atoms with Crippen LogP contribution in [0.25, 0.3) is 0 Å². The van der Waals surface area contributed by atoms with Crippen LogP contribution in [0.2, 0.25) is 0 Å². The lowest BCUT2D eigenvalue weighted by atomic mass is 9.92. The lowest BCUT2D eigenvalue weighted by Crippen LogP contribution is -2.49. The molecular formula is C23H30N2O5S2. The molecule has 0 radical (unpaired) electrons. The van der Waals surface area contributed by atoms with Gasteiger partial charge in [0.2, 0.25) is 5.91 Å². The molecule has 7 nitrogen and oxygen atoms in total. The maximum absolute atomic E-state index is 13.5. The molecule has 1 aliphatic carbocycles. The molecular weight excluding hydrogens is 448 g/mol. The number of hydrogen-bond acceptors (Lipinski definition) is 6. The first-order chi connectivity index (χ1) is 15.3. The van der Waals surface area contributed by atoms with E-state index in [1.165, 1.54) is 11.8 Å². The van der Waals surface area contributed by atoms with Crippen LogP contribution < -0.4 is 14.4 Å². The van der Waals surface area contributed by atoms with Gasteiger partial charge in [0.05, 0.1) is 29.3 Å². The van der Waals surface area contributed by atoms with Crippen LogP contribution in [0.3, 0.4) is 0 Å². The molecule has 1 aliphatic rings. The molecule has 0 saturated heterocycles. The van der Waals surface area contributed by atoms with E-state index in [2.05, 4.69) is 5.32 Å². The minimum Gasteiger partial charge on any atom is -0.494 e. The van der Waals surface area contributed by atoms with Gasteiger partial charge in [-0.3, -0.25) is 9.10 Å². The van der Waals surface area contributed by atoms with Gasteiger partial charge in [-0.2, -0.15) is 0 Å². The van der Waals surface area contributed by atoms with Crippen LogP contribution in [0.1, 0.15) is 32.6 Å². The average molecular weight is 479 g/mol. The molecule has 2 atom stereocenters. The Bertz CT molecular complexity index is 994. The second-order valence-electron chi connectivity index (χ2n) is 7.64. The van der Waals surface area contributed by atoms with Gasteiger partial charge in [0.15, 0.2) is 0 Å². The summed E-state index contributed by atoms with van der Waals surface area (Å²) < 4.78 is 33.5. The van der Waals surface area contributed by atoms with Gasteiger partial charge >= 0.3 is 0 Å². The molecule has 3 rings (SSSR count). The number of nitrogens with one attached hydrogen (secondary N) is 1. The Morgan fingerprint density at radius 2 is 1.78 bits per heavy atom. The number of benzene rings is 2. The van der Waals surface area contributed by atoms with E-state index in [1.807, 2.05) is 13.2 Å². The molecule has 0 spiro atoms. The molecule has 0 heterocycles. The first kappa shape index (κ1) is 24.4. The molecule has 0 aliphatic heterocycles. The normalized spacial score (nSPS) is 18.7. The molecule has 2 aromatic rings. The van der Waals surface area contributed by atoms with Gasteiger partial charge in [0, 0.05) is 4.90 Å². The Morgan fingerprint density at radius 1 is 1.12 bits per heavy atom. The Balaban J connectivity index is 1.88. The van der Waals surface area contributed by atoms with Gasteiger partial charge in [0.1, 0.15) is 12.3 Å². The van der Waals surface area contributed by atoms with Gasteiger partial charge in [-0.15, -0.1) is 11.8 Å². The SMILES string of the molecule is CCOc1ccc(N(CC(=O)N[C@@H]2CCCC[C@H]2O)S(=O)(=O)c2ccc(SC)cc2)cc1. The predicted octanol–water partition coefficient (Wildman–Crippen LogP) is 3.42. The molecule has 1 amide bonds. The quantitative estimate of drug-likeness (QED) is 0.536. The number of ether oxygens (including phenoxy) is 1. The predicted molar refractivity (Wildman–Crippen MR) is 127 cm³/mol. The summed E-state index contributed by atoms with van der Waals surface area (Å²) in [4.78, 5) is 13.9. The standard InChI is InChI=1S/C23H30N2O5S2/c1-3-30-18-10-8-17(9-11-18)25(16-23(27)24-21-6-4-5-7-22(21)26)32(28,29)20-14-12-19(31-2)13-15-20/h8-15,21-22,26H,3-7,16H2,1-2H3,(H,24,27)/t21-,22-/m1/s1. The second-order valence-corrected chi connectivity index (χ2v) is 10.4. The zero-order valence-electron chi connectivity index (χ0n) is 18.4. The number of aliphatic hydroxyl groups is 1. The first-order valence-electron chi connectivity index (χ1n) is 10.7. The van der Waals surface area contributed by atoms with E-state index in [-0.39, 0.29) is 17.5 Å². The summed E-state index contributed by atoms with van der Waals surface area (Å²) in [7, 11) is -3.99. The number of carbonyl (C=O) groups excluding carboxylic acids is 1. The molecule has 9 heteroatoms. The molecule has 0 aromatic heterocycles. The van der Waals surface area contributed by atoms with Crippen molar-refractivity contribution < 1.29 is 23.1 Å². The molecule has 0 bridgehead atoms. The minimum absolute atomic E-state index is 0.106. The van der Waals surface area contributed by atoms with Crippen molar-refractivity contribution >= 4 is 33.4 Å².